The number of nitrogens with zero attached hydrogens (tertiary/aromatic N) is 1. The number of aliphatic hydroxyl groups is 1. The maximum atomic E-state index is 11.2. The van der Waals surface area contributed by atoms with Crippen LogP contribution < -0.4 is 0 Å². The molecule has 0 heterocycles. The maximum absolute atomic E-state index is 11.2. The average molecular weight is 189 g/mol. The van der Waals surface area contributed by atoms with Crippen LogP contribution in [0.3, 0.4) is 0 Å². The van der Waals surface area contributed by atoms with Gasteiger partial charge in [0, 0.05) is 5.75 Å². The number of hydrogen-bond acceptors (Lipinski definition) is 4. The summed E-state index contributed by atoms with van der Waals surface area (Å²) in [6.07, 6.45) is 0.288. The van der Waals surface area contributed by atoms with Gasteiger partial charge in [-0.15, -0.1) is 0 Å². The Morgan fingerprint density at radius 3 is 2.58 bits per heavy atom. The third-order valence-corrected chi connectivity index (χ3v) is 4.64. The summed E-state index contributed by atoms with van der Waals surface area (Å²) in [4.78, 5) is 0. The molecule has 0 aromatic heterocycles. The van der Waals surface area contributed by atoms with Crippen LogP contribution in [0.15, 0.2) is 0 Å². The average Bonchev–Trinajstić information content (AvgIpc) is 2.80. The van der Waals surface area contributed by atoms with Crippen molar-refractivity contribution in [3.63, 3.8) is 0 Å². The first-order chi connectivity index (χ1) is 5.52. The Bertz CT molecular complexity index is 316. The first kappa shape index (κ1) is 9.49. The van der Waals surface area contributed by atoms with Crippen LogP contribution >= 0.6 is 0 Å². The van der Waals surface area contributed by atoms with Crippen LogP contribution in [0.5, 0.6) is 0 Å². The Morgan fingerprint density at radius 1 is 1.75 bits per heavy atom. The first-order valence-corrected chi connectivity index (χ1v) is 5.47. The highest BCUT2D eigenvalue weighted by atomic mass is 32.2. The minimum absolute atomic E-state index is 0.0428. The fraction of sp³-hybridized carbons (Fsp3) is 0.857. The summed E-state index contributed by atoms with van der Waals surface area (Å²) in [5.41, 5.74) is -0.991. The van der Waals surface area contributed by atoms with Gasteiger partial charge in [-0.2, -0.15) is 5.26 Å². The fourth-order valence-corrected chi connectivity index (χ4v) is 3.03. The van der Waals surface area contributed by atoms with Gasteiger partial charge in [0.15, 0.2) is 9.84 Å². The maximum Gasteiger partial charge on any atom is 0.154 e. The van der Waals surface area contributed by atoms with Gasteiger partial charge < -0.3 is 5.11 Å². The van der Waals surface area contributed by atoms with E-state index in [-0.39, 0.29) is 18.8 Å². The molecule has 0 spiro atoms. The van der Waals surface area contributed by atoms with Crippen molar-refractivity contribution in [3.8, 4) is 6.07 Å². The van der Waals surface area contributed by atoms with Crippen molar-refractivity contribution < 1.29 is 13.5 Å². The Labute approximate surface area is 71.7 Å². The zero-order valence-corrected chi connectivity index (χ0v) is 7.63. The molecule has 0 amide bonds. The summed E-state index contributed by atoms with van der Waals surface area (Å²) in [6, 6.07) is 1.86. The summed E-state index contributed by atoms with van der Waals surface area (Å²) in [5, 5.41) is 16.8. The van der Waals surface area contributed by atoms with Gasteiger partial charge in [-0.05, 0) is 6.42 Å². The molecule has 1 saturated carbocycles. The van der Waals surface area contributed by atoms with E-state index in [1.54, 1.807) is 6.92 Å². The molecule has 0 saturated heterocycles. The molecule has 0 bridgehead atoms. The van der Waals surface area contributed by atoms with Crippen molar-refractivity contribution >= 4 is 9.84 Å². The Kier molecular flexibility index (Phi) is 2.15. The predicted octanol–water partition coefficient (Wildman–Crippen LogP) is -0.304. The van der Waals surface area contributed by atoms with E-state index in [0.717, 1.165) is 0 Å². The summed E-state index contributed by atoms with van der Waals surface area (Å²) < 4.78 is 22.5. The molecule has 1 fully saturated rings. The number of aliphatic hydroxyl groups excluding tert-OH is 1. The minimum Gasteiger partial charge on any atom is -0.395 e. The van der Waals surface area contributed by atoms with Crippen molar-refractivity contribution in [3.05, 3.63) is 0 Å². The number of nitriles is 1. The standard InChI is InChI=1S/C7H11NO3S/c1-2-12(10,11)6-3-7(6,4-8)5-9/h6,9H,2-3,5H2,1H3/t6-,7+/m1/s1. The van der Waals surface area contributed by atoms with Crippen LogP contribution in [0, 0.1) is 16.7 Å². The molecule has 1 N–H and O–H groups in total. The zero-order valence-electron chi connectivity index (χ0n) is 6.82. The molecule has 0 radical (unpaired) electrons. The molecule has 12 heavy (non-hydrogen) atoms. The van der Waals surface area contributed by atoms with Crippen LogP contribution in [-0.2, 0) is 9.84 Å². The summed E-state index contributed by atoms with van der Waals surface area (Å²) in [5.74, 6) is 0.0428. The van der Waals surface area contributed by atoms with E-state index >= 15 is 0 Å². The van der Waals surface area contributed by atoms with E-state index < -0.39 is 20.5 Å². The van der Waals surface area contributed by atoms with Gasteiger partial charge in [0.2, 0.25) is 0 Å². The molecule has 0 aromatic rings. The molecule has 0 aromatic carbocycles. The zero-order chi connectivity index (χ0) is 9.41. The molecule has 1 aliphatic rings. The normalized spacial score (nSPS) is 34.2. The van der Waals surface area contributed by atoms with E-state index in [4.69, 9.17) is 10.4 Å². The van der Waals surface area contributed by atoms with Gasteiger partial charge in [-0.25, -0.2) is 8.42 Å². The van der Waals surface area contributed by atoms with Crippen LogP contribution in [0.1, 0.15) is 13.3 Å². The molecule has 0 aliphatic heterocycles. The van der Waals surface area contributed by atoms with Crippen molar-refractivity contribution in [2.75, 3.05) is 12.4 Å². The number of rotatable bonds is 3. The van der Waals surface area contributed by atoms with Gasteiger partial charge in [0.05, 0.1) is 23.3 Å². The number of sulfone groups is 1. The van der Waals surface area contributed by atoms with Crippen LogP contribution in [0.2, 0.25) is 0 Å². The van der Waals surface area contributed by atoms with Crippen molar-refractivity contribution in [1.82, 2.24) is 0 Å². The molecule has 2 atom stereocenters. The lowest BCUT2D eigenvalue weighted by Crippen LogP contribution is -2.19. The van der Waals surface area contributed by atoms with E-state index in [9.17, 15) is 8.42 Å². The van der Waals surface area contributed by atoms with Gasteiger partial charge in [0.1, 0.15) is 0 Å². The molecule has 1 rings (SSSR count). The second kappa shape index (κ2) is 2.71. The van der Waals surface area contributed by atoms with Crippen molar-refractivity contribution in [2.24, 2.45) is 5.41 Å². The molecule has 0 unspecified atom stereocenters. The summed E-state index contributed by atoms with van der Waals surface area (Å²) >= 11 is 0. The van der Waals surface area contributed by atoms with E-state index in [2.05, 4.69) is 0 Å². The summed E-state index contributed by atoms with van der Waals surface area (Å²) in [6.45, 7) is 1.19. The highest BCUT2D eigenvalue weighted by Crippen LogP contribution is 2.49. The third-order valence-electron chi connectivity index (χ3n) is 2.35. The summed E-state index contributed by atoms with van der Waals surface area (Å²) in [7, 11) is -3.14. The Hall–Kier alpha value is -0.600. The topological polar surface area (TPSA) is 78.2 Å². The number of hydrogen-bond donors (Lipinski definition) is 1. The third kappa shape index (κ3) is 1.21. The van der Waals surface area contributed by atoms with Crippen molar-refractivity contribution in [1.29, 1.82) is 5.26 Å². The molecule has 5 heteroatoms. The van der Waals surface area contributed by atoms with E-state index in [0.29, 0.717) is 0 Å². The molecular weight excluding hydrogens is 178 g/mol. The highest BCUT2D eigenvalue weighted by molar-refractivity contribution is 7.92. The van der Waals surface area contributed by atoms with E-state index in [1.165, 1.54) is 0 Å². The second-order valence-corrected chi connectivity index (χ2v) is 5.54. The molecular formula is C7H11NO3S. The minimum atomic E-state index is -3.14. The molecule has 4 nitrogen and oxygen atoms in total. The first-order valence-electron chi connectivity index (χ1n) is 3.76. The van der Waals surface area contributed by atoms with Crippen LogP contribution in [-0.4, -0.2) is 31.1 Å². The lowest BCUT2D eigenvalue weighted by Gasteiger charge is -2.02. The van der Waals surface area contributed by atoms with Crippen LogP contribution in [0.4, 0.5) is 0 Å². The SMILES string of the molecule is CCS(=O)(=O)[C@@H]1C[C@]1(C#N)CO. The molecule has 1 aliphatic carbocycles. The lowest BCUT2D eigenvalue weighted by molar-refractivity contribution is 0.246. The molecule has 68 valence electrons. The largest absolute Gasteiger partial charge is 0.395 e. The van der Waals surface area contributed by atoms with Gasteiger partial charge in [0.25, 0.3) is 0 Å². The lowest BCUT2D eigenvalue weighted by atomic mass is 10.2. The monoisotopic (exact) mass is 189 g/mol. The Morgan fingerprint density at radius 2 is 2.33 bits per heavy atom. The highest BCUT2D eigenvalue weighted by Gasteiger charge is 2.61. The smallest absolute Gasteiger partial charge is 0.154 e. The van der Waals surface area contributed by atoms with Crippen molar-refractivity contribution in [2.45, 2.75) is 18.6 Å². The van der Waals surface area contributed by atoms with Gasteiger partial charge in [-0.3, -0.25) is 0 Å². The van der Waals surface area contributed by atoms with Crippen LogP contribution in [0.25, 0.3) is 0 Å². The quantitative estimate of drug-likeness (QED) is 0.661. The van der Waals surface area contributed by atoms with Gasteiger partial charge >= 0.3 is 0 Å². The van der Waals surface area contributed by atoms with Gasteiger partial charge in [-0.1, -0.05) is 6.92 Å². The second-order valence-electron chi connectivity index (χ2n) is 3.07. The fourth-order valence-electron chi connectivity index (χ4n) is 1.26. The van der Waals surface area contributed by atoms with E-state index in [1.807, 2.05) is 6.07 Å². The Balaban J connectivity index is 2.83. The predicted molar refractivity (Wildman–Crippen MR) is 43.0 cm³/mol.